The van der Waals surface area contributed by atoms with E-state index in [1.165, 1.54) is 11.1 Å². The Hall–Kier alpha value is -8.02. The first-order chi connectivity index (χ1) is 38.4. The Bertz CT molecular complexity index is 4200. The predicted octanol–water partition coefficient (Wildman–Crippen LogP) is 18.6. The van der Waals surface area contributed by atoms with Crippen molar-refractivity contribution in [2.24, 2.45) is 5.92 Å². The number of fused-ring (bicyclic) bond motifs is 4. The van der Waals surface area contributed by atoms with E-state index in [0.717, 1.165) is 77.7 Å². The van der Waals surface area contributed by atoms with Crippen LogP contribution in [0.25, 0.3) is 83.4 Å². The Morgan fingerprint density at radius 1 is 0.526 bits per heavy atom. The number of ether oxygens (including phenoxy) is 1. The number of benzene rings is 8. The summed E-state index contributed by atoms with van der Waals surface area (Å²) in [6.45, 7) is 26.9. The van der Waals surface area contributed by atoms with Gasteiger partial charge >= 0.3 is 0 Å². The molecule has 76 heavy (non-hydrogen) atoms. The molecule has 0 N–H and O–H groups in total. The number of hydrogen-bond donors (Lipinski definition) is 0. The molecule has 0 aliphatic heterocycles. The quantitative estimate of drug-likeness (QED) is 0.101. The van der Waals surface area contributed by atoms with E-state index in [1.807, 2.05) is 75.9 Å². The molecule has 0 aliphatic carbocycles. The van der Waals surface area contributed by atoms with Gasteiger partial charge in [-0.25, -0.2) is 4.98 Å². The highest BCUT2D eigenvalue weighted by Crippen LogP contribution is 2.42. The second-order valence-corrected chi connectivity index (χ2v) is 23.9. The Labute approximate surface area is 457 Å². The standard InChI is InChI=1S/C71H70N4O/c1-46(2)47(3)61-43-67(72-44-62(61)49-32-34-51(35-33-49)69(4,5)6)75-63-29-17-16-26-59(63)60-37-36-56(42-66(60)75)76-55-25-20-24-54(41-55)73-45-74(65-31-19-18-30-64(65)73)68-57(48-22-14-13-15-23-48)27-21-28-58(68)50-38-52(70(7,8)9)40-53(39-50)71(10,11)12/h13-44,46-47H,1-12H3/i13D,14D,15D,22D,23D. The molecular weight excluding hydrogens is 925 g/mol. The fraction of sp³-hybridized carbons (Fsp3) is 0.239. The highest BCUT2D eigenvalue weighted by atomic mass is 16.5. The molecule has 5 heteroatoms. The Morgan fingerprint density at radius 3 is 1.83 bits per heavy atom. The molecule has 0 spiro atoms. The molecule has 8 aromatic carbocycles. The van der Waals surface area contributed by atoms with E-state index in [0.29, 0.717) is 28.7 Å². The van der Waals surface area contributed by atoms with E-state index in [1.54, 1.807) is 0 Å². The van der Waals surface area contributed by atoms with Gasteiger partial charge in [-0.1, -0.05) is 222 Å². The van der Waals surface area contributed by atoms with Gasteiger partial charge in [-0.05, 0) is 121 Å². The lowest BCUT2D eigenvalue weighted by Gasteiger charge is -2.27. The molecule has 0 radical (unpaired) electrons. The topological polar surface area (TPSA) is 35.9 Å². The Balaban J connectivity index is 1.05. The van der Waals surface area contributed by atoms with E-state index in [-0.39, 0.29) is 39.8 Å². The van der Waals surface area contributed by atoms with Gasteiger partial charge in [0.1, 0.15) is 17.3 Å². The molecule has 1 unspecified atom stereocenters. The van der Waals surface area contributed by atoms with E-state index < -0.39 is 18.1 Å². The van der Waals surface area contributed by atoms with E-state index in [2.05, 4.69) is 191 Å². The maximum atomic E-state index is 9.27. The Morgan fingerprint density at radius 2 is 1.14 bits per heavy atom. The van der Waals surface area contributed by atoms with Crippen molar-refractivity contribution in [1.29, 1.82) is 0 Å². The van der Waals surface area contributed by atoms with Gasteiger partial charge in [0.05, 0.1) is 40.3 Å². The zero-order chi connectivity index (χ0) is 57.6. The van der Waals surface area contributed by atoms with Crippen LogP contribution in [0.5, 0.6) is 11.5 Å². The molecule has 0 bridgehead atoms. The predicted molar refractivity (Wildman–Crippen MR) is 318 cm³/mol. The third-order valence-electron chi connectivity index (χ3n) is 15.2. The maximum Gasteiger partial charge on any atom is 0.269 e. The summed E-state index contributed by atoms with van der Waals surface area (Å²) in [4.78, 5) is 5.24. The average molecular weight is 1000 g/mol. The lowest BCUT2D eigenvalue weighted by Crippen LogP contribution is -2.31. The highest BCUT2D eigenvalue weighted by Gasteiger charge is 2.26. The van der Waals surface area contributed by atoms with Gasteiger partial charge in [-0.15, -0.1) is 0 Å². The fourth-order valence-corrected chi connectivity index (χ4v) is 10.5. The van der Waals surface area contributed by atoms with Crippen LogP contribution in [0.3, 0.4) is 0 Å². The summed E-state index contributed by atoms with van der Waals surface area (Å²) < 4.78 is 57.7. The normalized spacial score (nSPS) is 13.7. The van der Waals surface area contributed by atoms with Gasteiger partial charge in [0.25, 0.3) is 6.33 Å². The van der Waals surface area contributed by atoms with Crippen molar-refractivity contribution in [3.05, 3.63) is 223 Å². The molecule has 0 saturated heterocycles. The van der Waals surface area contributed by atoms with E-state index >= 15 is 0 Å². The summed E-state index contributed by atoms with van der Waals surface area (Å²) in [7, 11) is 0. The number of pyridine rings is 1. The lowest BCUT2D eigenvalue weighted by atomic mass is 9.78. The minimum Gasteiger partial charge on any atom is -0.458 e. The van der Waals surface area contributed by atoms with Crippen LogP contribution in [-0.2, 0) is 16.2 Å². The molecule has 11 aromatic rings. The van der Waals surface area contributed by atoms with Crippen molar-refractivity contribution >= 4 is 32.8 Å². The second kappa shape index (κ2) is 19.3. The molecule has 11 rings (SSSR count). The van der Waals surface area contributed by atoms with E-state index in [4.69, 9.17) is 13.8 Å². The van der Waals surface area contributed by atoms with Crippen LogP contribution < -0.4 is 9.30 Å². The van der Waals surface area contributed by atoms with Crippen molar-refractivity contribution in [3.63, 3.8) is 0 Å². The molecule has 3 aromatic heterocycles. The van der Waals surface area contributed by atoms with Crippen molar-refractivity contribution in [2.45, 2.75) is 105 Å². The minimum absolute atomic E-state index is 0.0526. The first-order valence-corrected chi connectivity index (χ1v) is 26.6. The highest BCUT2D eigenvalue weighted by molar-refractivity contribution is 6.09. The zero-order valence-corrected chi connectivity index (χ0v) is 45.9. The minimum atomic E-state index is -0.440. The number of nitrogens with zero attached hydrogens (tertiary/aromatic N) is 4. The number of imidazole rings is 1. The Kier molecular flexibility index (Phi) is 11.2. The van der Waals surface area contributed by atoms with Gasteiger partial charge in [0.15, 0.2) is 0 Å². The molecule has 5 nitrogen and oxygen atoms in total. The van der Waals surface area contributed by atoms with Crippen LogP contribution in [0.1, 0.15) is 118 Å². The van der Waals surface area contributed by atoms with Crippen LogP contribution in [0.2, 0.25) is 0 Å². The van der Waals surface area contributed by atoms with Gasteiger partial charge < -0.3 is 4.74 Å². The molecule has 1 atom stereocenters. The third-order valence-corrected chi connectivity index (χ3v) is 15.2. The molecule has 0 fully saturated rings. The van der Waals surface area contributed by atoms with Crippen LogP contribution >= 0.6 is 0 Å². The largest absolute Gasteiger partial charge is 0.458 e. The molecule has 0 amide bonds. The first-order valence-electron chi connectivity index (χ1n) is 29.1. The molecular formula is C71H70N4O. The van der Waals surface area contributed by atoms with Crippen LogP contribution in [0, 0.1) is 12.2 Å². The third kappa shape index (κ3) is 9.42. The number of aromatic nitrogens is 4. The number of hydrogen-bond acceptors (Lipinski definition) is 2. The molecule has 0 saturated carbocycles. The second-order valence-electron chi connectivity index (χ2n) is 23.9. The molecule has 3 heterocycles. The summed E-state index contributed by atoms with van der Waals surface area (Å²) in [5, 5.41) is 2.22. The van der Waals surface area contributed by atoms with Crippen LogP contribution in [0.4, 0.5) is 0 Å². The summed E-state index contributed by atoms with van der Waals surface area (Å²) >= 11 is 0. The SMILES string of the molecule is [2H]c1c([2H])c([2H])c(-c2cccc(-c3cc(C(C)(C)C)cc(C(C)(C)C)c3)c2-[n+]2[c-]n(-c3cccc(Oc4ccc5c6ccccc6n(-c6cc(C(C)C(C)C)c(-c7ccc(C(C)(C)C)cc7)cn6)c5c4)c3)c3ccccc32)c([2H])c1[2H]. The van der Waals surface area contributed by atoms with Crippen molar-refractivity contribution in [1.82, 2.24) is 14.1 Å². The zero-order valence-electron chi connectivity index (χ0n) is 50.9. The average Bonchev–Trinajstić information content (AvgIpc) is 4.24. The van der Waals surface area contributed by atoms with Gasteiger partial charge in [0, 0.05) is 28.6 Å². The maximum absolute atomic E-state index is 9.27. The first kappa shape index (κ1) is 44.3. The summed E-state index contributed by atoms with van der Waals surface area (Å²) in [6.07, 6.45) is 5.78. The van der Waals surface area contributed by atoms with Crippen molar-refractivity contribution < 1.29 is 16.2 Å². The van der Waals surface area contributed by atoms with Crippen LogP contribution in [-0.4, -0.2) is 14.1 Å². The molecule has 0 aliphatic rings. The van der Waals surface area contributed by atoms with Gasteiger partial charge in [-0.2, -0.15) is 0 Å². The van der Waals surface area contributed by atoms with Crippen LogP contribution in [0.15, 0.2) is 194 Å². The number of rotatable bonds is 10. The van der Waals surface area contributed by atoms with Crippen molar-refractivity contribution in [3.8, 4) is 62.1 Å². The molecule has 380 valence electrons. The van der Waals surface area contributed by atoms with Gasteiger partial charge in [0.2, 0.25) is 0 Å². The summed E-state index contributed by atoms with van der Waals surface area (Å²) in [5.74, 6) is 2.79. The van der Waals surface area contributed by atoms with E-state index in [9.17, 15) is 2.74 Å². The fourth-order valence-electron chi connectivity index (χ4n) is 10.5. The summed E-state index contributed by atoms with van der Waals surface area (Å²) in [6, 6.07) is 52.8. The van der Waals surface area contributed by atoms with Crippen molar-refractivity contribution in [2.75, 3.05) is 0 Å². The monoisotopic (exact) mass is 1000 g/mol. The lowest BCUT2D eigenvalue weighted by molar-refractivity contribution is -0.571. The smallest absolute Gasteiger partial charge is 0.269 e. The van der Waals surface area contributed by atoms with Gasteiger partial charge in [-0.3, -0.25) is 13.7 Å². The summed E-state index contributed by atoms with van der Waals surface area (Å²) in [5.41, 5.74) is 14.3. The number of para-hydroxylation sites is 4.